The van der Waals surface area contributed by atoms with Gasteiger partial charge in [0.05, 0.1) is 25.0 Å². The number of morpholine rings is 1. The number of sulfonamides is 1. The first-order valence-electron chi connectivity index (χ1n) is 10.5. The largest absolute Gasteiger partial charge is 0.381 e. The van der Waals surface area contributed by atoms with Crippen LogP contribution in [-0.4, -0.2) is 64.2 Å². The summed E-state index contributed by atoms with van der Waals surface area (Å²) in [5.41, 5.74) is 1.39. The van der Waals surface area contributed by atoms with Gasteiger partial charge in [0.1, 0.15) is 4.90 Å². The summed E-state index contributed by atoms with van der Waals surface area (Å²) >= 11 is 0. The van der Waals surface area contributed by atoms with Crippen molar-refractivity contribution in [3.8, 4) is 0 Å². The molecule has 2 N–H and O–H groups in total. The Morgan fingerprint density at radius 1 is 1.06 bits per heavy atom. The predicted octanol–water partition coefficient (Wildman–Crippen LogP) is 2.55. The first-order chi connectivity index (χ1) is 15.0. The molecule has 2 heterocycles. The van der Waals surface area contributed by atoms with Crippen LogP contribution in [0.4, 0.5) is 11.4 Å². The van der Waals surface area contributed by atoms with Crippen LogP contribution in [0.3, 0.4) is 0 Å². The van der Waals surface area contributed by atoms with Gasteiger partial charge in [-0.25, -0.2) is 8.42 Å². The second kappa shape index (κ2) is 9.78. The average Bonchev–Trinajstić information content (AvgIpc) is 3.32. The summed E-state index contributed by atoms with van der Waals surface area (Å²) in [5, 5.41) is 6.03. The van der Waals surface area contributed by atoms with Gasteiger partial charge in [-0.15, -0.1) is 0 Å². The Labute approximate surface area is 182 Å². The van der Waals surface area contributed by atoms with Gasteiger partial charge in [-0.05, 0) is 43.2 Å². The van der Waals surface area contributed by atoms with Gasteiger partial charge in [-0.3, -0.25) is 4.79 Å². The second-order valence-corrected chi connectivity index (χ2v) is 9.47. The van der Waals surface area contributed by atoms with Crippen LogP contribution in [0.25, 0.3) is 0 Å². The van der Waals surface area contributed by atoms with Crippen LogP contribution in [-0.2, 0) is 19.5 Å². The van der Waals surface area contributed by atoms with Crippen molar-refractivity contribution in [3.05, 3.63) is 54.1 Å². The third kappa shape index (κ3) is 5.24. The van der Waals surface area contributed by atoms with Crippen molar-refractivity contribution in [1.82, 2.24) is 4.31 Å². The molecule has 2 saturated heterocycles. The Kier molecular flexibility index (Phi) is 6.86. The molecule has 0 spiro atoms. The quantitative estimate of drug-likeness (QED) is 0.680. The van der Waals surface area contributed by atoms with Gasteiger partial charge in [0, 0.05) is 37.5 Å². The van der Waals surface area contributed by atoms with Gasteiger partial charge in [-0.2, -0.15) is 4.31 Å². The minimum absolute atomic E-state index is 0.0556. The Balaban J connectivity index is 1.62. The van der Waals surface area contributed by atoms with Crippen LogP contribution in [0.15, 0.2) is 53.4 Å². The van der Waals surface area contributed by atoms with E-state index in [2.05, 4.69) is 10.6 Å². The molecule has 0 bridgehead atoms. The number of hydrogen-bond acceptors (Lipinski definition) is 6. The zero-order valence-corrected chi connectivity index (χ0v) is 18.1. The summed E-state index contributed by atoms with van der Waals surface area (Å²) in [6, 6.07) is 13.8. The normalized spacial score (nSPS) is 19.8. The van der Waals surface area contributed by atoms with E-state index < -0.39 is 10.0 Å². The minimum Gasteiger partial charge on any atom is -0.381 e. The smallest absolute Gasteiger partial charge is 0.255 e. The van der Waals surface area contributed by atoms with E-state index in [1.165, 1.54) is 10.4 Å². The number of nitrogens with zero attached hydrogens (tertiary/aromatic N) is 1. The molecule has 9 heteroatoms. The molecule has 0 unspecified atom stereocenters. The maximum absolute atomic E-state index is 13.4. The standard InChI is InChI=1S/C22H27N3O5S/c26-22(24-18-5-2-1-3-6-18)17-8-9-20(23-16-19-7-4-12-30-19)21(15-17)31(27,28)25-10-13-29-14-11-25/h1-3,5-6,8-9,15,19,23H,4,7,10-14,16H2,(H,24,26)/t19-/m0/s1. The fourth-order valence-electron chi connectivity index (χ4n) is 3.70. The molecule has 1 atom stereocenters. The van der Waals surface area contributed by atoms with E-state index in [9.17, 15) is 13.2 Å². The Morgan fingerprint density at radius 2 is 1.84 bits per heavy atom. The van der Waals surface area contributed by atoms with Gasteiger partial charge in [0.15, 0.2) is 0 Å². The third-order valence-electron chi connectivity index (χ3n) is 5.41. The molecular weight excluding hydrogens is 418 g/mol. The lowest BCUT2D eigenvalue weighted by atomic mass is 10.1. The van der Waals surface area contributed by atoms with Crippen molar-refractivity contribution >= 4 is 27.3 Å². The van der Waals surface area contributed by atoms with Gasteiger partial charge >= 0.3 is 0 Å². The van der Waals surface area contributed by atoms with Gasteiger partial charge < -0.3 is 20.1 Å². The second-order valence-electron chi connectivity index (χ2n) is 7.56. The molecule has 2 aliphatic rings. The summed E-state index contributed by atoms with van der Waals surface area (Å²) < 4.78 is 39.2. The van der Waals surface area contributed by atoms with Crippen molar-refractivity contribution in [3.63, 3.8) is 0 Å². The van der Waals surface area contributed by atoms with Gasteiger partial charge in [0.25, 0.3) is 5.91 Å². The third-order valence-corrected chi connectivity index (χ3v) is 7.35. The molecule has 0 saturated carbocycles. The number of carbonyl (C=O) groups is 1. The first kappa shape index (κ1) is 21.8. The van der Waals surface area contributed by atoms with Crippen molar-refractivity contribution in [2.24, 2.45) is 0 Å². The van der Waals surface area contributed by atoms with Crippen LogP contribution in [0.2, 0.25) is 0 Å². The molecule has 2 fully saturated rings. The van der Waals surface area contributed by atoms with Crippen molar-refractivity contribution < 1.29 is 22.7 Å². The van der Waals surface area contributed by atoms with Crippen LogP contribution < -0.4 is 10.6 Å². The molecule has 2 aromatic rings. The van der Waals surface area contributed by atoms with E-state index in [-0.39, 0.29) is 35.6 Å². The number of benzene rings is 2. The first-order valence-corrected chi connectivity index (χ1v) is 11.9. The highest BCUT2D eigenvalue weighted by Crippen LogP contribution is 2.28. The SMILES string of the molecule is O=C(Nc1ccccc1)c1ccc(NC[C@@H]2CCCO2)c(S(=O)(=O)N2CCOCC2)c1. The van der Waals surface area contributed by atoms with Crippen LogP contribution in [0, 0.1) is 0 Å². The zero-order valence-electron chi connectivity index (χ0n) is 17.2. The molecular formula is C22H27N3O5S. The minimum atomic E-state index is -3.80. The monoisotopic (exact) mass is 445 g/mol. The number of para-hydroxylation sites is 1. The molecule has 0 aromatic heterocycles. The highest BCUT2D eigenvalue weighted by Gasteiger charge is 2.30. The molecule has 1 amide bonds. The van der Waals surface area contributed by atoms with Gasteiger partial charge in [-0.1, -0.05) is 18.2 Å². The predicted molar refractivity (Wildman–Crippen MR) is 118 cm³/mol. The van der Waals surface area contributed by atoms with Gasteiger partial charge in [0.2, 0.25) is 10.0 Å². The van der Waals surface area contributed by atoms with E-state index >= 15 is 0 Å². The number of amides is 1. The number of anilines is 2. The molecule has 166 valence electrons. The van der Waals surface area contributed by atoms with E-state index in [4.69, 9.17) is 9.47 Å². The number of carbonyl (C=O) groups excluding carboxylic acids is 1. The summed E-state index contributed by atoms with van der Waals surface area (Å²) in [7, 11) is -3.80. The number of nitrogens with one attached hydrogen (secondary N) is 2. The molecule has 0 radical (unpaired) electrons. The molecule has 0 aliphatic carbocycles. The topological polar surface area (TPSA) is 97.0 Å². The fourth-order valence-corrected chi connectivity index (χ4v) is 5.30. The van der Waals surface area contributed by atoms with E-state index in [1.807, 2.05) is 18.2 Å². The molecule has 31 heavy (non-hydrogen) atoms. The Hall–Kier alpha value is -2.46. The number of ether oxygens (including phenoxy) is 2. The van der Waals surface area contributed by atoms with Crippen LogP contribution in [0.5, 0.6) is 0 Å². The summed E-state index contributed by atoms with van der Waals surface area (Å²) in [6.07, 6.45) is 2.00. The lowest BCUT2D eigenvalue weighted by Gasteiger charge is -2.27. The molecule has 8 nitrogen and oxygen atoms in total. The van der Waals surface area contributed by atoms with Crippen molar-refractivity contribution in [1.29, 1.82) is 0 Å². The van der Waals surface area contributed by atoms with E-state index in [0.29, 0.717) is 31.1 Å². The average molecular weight is 446 g/mol. The molecule has 2 aromatic carbocycles. The molecule has 2 aliphatic heterocycles. The molecule has 4 rings (SSSR count). The maximum Gasteiger partial charge on any atom is 0.255 e. The van der Waals surface area contributed by atoms with Crippen LogP contribution in [0.1, 0.15) is 23.2 Å². The zero-order chi connectivity index (χ0) is 21.7. The van der Waals surface area contributed by atoms with E-state index in [0.717, 1.165) is 19.4 Å². The summed E-state index contributed by atoms with van der Waals surface area (Å²) in [5.74, 6) is -0.365. The fraction of sp³-hybridized carbons (Fsp3) is 0.409. The summed E-state index contributed by atoms with van der Waals surface area (Å²) in [6.45, 7) is 2.52. The Morgan fingerprint density at radius 3 is 2.55 bits per heavy atom. The lowest BCUT2D eigenvalue weighted by Crippen LogP contribution is -2.41. The van der Waals surface area contributed by atoms with E-state index in [1.54, 1.807) is 24.3 Å². The lowest BCUT2D eigenvalue weighted by molar-refractivity contribution is 0.0730. The number of hydrogen-bond donors (Lipinski definition) is 2. The van der Waals surface area contributed by atoms with Crippen LogP contribution >= 0.6 is 0 Å². The van der Waals surface area contributed by atoms with Crippen molar-refractivity contribution in [2.75, 3.05) is 50.1 Å². The Bertz CT molecular complexity index is 1000. The highest BCUT2D eigenvalue weighted by atomic mass is 32.2. The maximum atomic E-state index is 13.4. The number of rotatable bonds is 7. The highest BCUT2D eigenvalue weighted by molar-refractivity contribution is 7.89. The summed E-state index contributed by atoms with van der Waals surface area (Å²) in [4.78, 5) is 12.9. The van der Waals surface area contributed by atoms with Crippen molar-refractivity contribution in [2.45, 2.75) is 23.8 Å².